The maximum atomic E-state index is 14.9. The molecule has 0 bridgehead atoms. The van der Waals surface area contributed by atoms with Crippen LogP contribution in [0, 0.1) is 11.7 Å². The first-order valence-corrected chi connectivity index (χ1v) is 18.1. The number of halogens is 1. The molecule has 0 spiro atoms. The number of fused-ring (bicyclic) bond motifs is 2. The first-order valence-electron chi connectivity index (χ1n) is 18.1. The van der Waals surface area contributed by atoms with Crippen LogP contribution in [0.3, 0.4) is 0 Å². The van der Waals surface area contributed by atoms with Crippen LogP contribution in [0.4, 0.5) is 14.0 Å². The predicted octanol–water partition coefficient (Wildman–Crippen LogP) is 7.05. The third-order valence-corrected chi connectivity index (χ3v) is 9.81. The molecule has 1 aliphatic carbocycles. The van der Waals surface area contributed by atoms with Crippen LogP contribution >= 0.6 is 0 Å². The van der Waals surface area contributed by atoms with E-state index in [1.807, 2.05) is 44.2 Å². The van der Waals surface area contributed by atoms with E-state index in [1.165, 1.54) is 19.1 Å². The zero-order valence-corrected chi connectivity index (χ0v) is 30.4. The Morgan fingerprint density at radius 1 is 0.961 bits per heavy atom. The lowest BCUT2D eigenvalue weighted by atomic mass is 9.83. The Morgan fingerprint density at radius 3 is 2.33 bits per heavy atom. The average molecular weight is 707 g/mol. The molecule has 11 nitrogen and oxygen atoms in total. The van der Waals surface area contributed by atoms with Crippen molar-refractivity contribution in [2.75, 3.05) is 13.1 Å². The summed E-state index contributed by atoms with van der Waals surface area (Å²) in [4.78, 5) is 60.7. The number of carbonyl (C=O) groups excluding carboxylic acids is 4. The molecule has 3 fully saturated rings. The van der Waals surface area contributed by atoms with Crippen molar-refractivity contribution in [1.29, 1.82) is 0 Å². The van der Waals surface area contributed by atoms with Gasteiger partial charge in [0.05, 0.1) is 18.6 Å². The van der Waals surface area contributed by atoms with Crippen molar-refractivity contribution < 1.29 is 37.8 Å². The minimum atomic E-state index is -0.885. The predicted molar refractivity (Wildman–Crippen MR) is 190 cm³/mol. The molecule has 276 valence electrons. The summed E-state index contributed by atoms with van der Waals surface area (Å²) >= 11 is 0. The number of rotatable bonds is 7. The van der Waals surface area contributed by atoms with Crippen LogP contribution in [0.15, 0.2) is 54.7 Å². The first-order chi connectivity index (χ1) is 24.4. The molecule has 51 heavy (non-hydrogen) atoms. The molecule has 2 N–H and O–H groups in total. The Morgan fingerprint density at radius 2 is 1.67 bits per heavy atom. The van der Waals surface area contributed by atoms with E-state index >= 15 is 0 Å². The molecular weight excluding hydrogens is 655 g/mol. The number of aromatic amines is 1. The van der Waals surface area contributed by atoms with E-state index in [1.54, 1.807) is 42.8 Å². The van der Waals surface area contributed by atoms with E-state index in [0.29, 0.717) is 5.52 Å². The summed E-state index contributed by atoms with van der Waals surface area (Å²) in [7, 11) is 0. The monoisotopic (exact) mass is 706 g/mol. The SMILES string of the molecule is CC.CC(=O)OC1CN(C(=O)C(NC(=O)OC(C)(C)C)C2CCCCC2)C2C(c3c[nH]c4cc(F)ccc34)CN(C(=O)OCc3ccccc3)C12. The van der Waals surface area contributed by atoms with Gasteiger partial charge in [0.1, 0.15) is 30.2 Å². The van der Waals surface area contributed by atoms with Crippen LogP contribution in [0.5, 0.6) is 0 Å². The Hall–Kier alpha value is -4.61. The summed E-state index contributed by atoms with van der Waals surface area (Å²) in [5.41, 5.74) is 1.41. The molecule has 1 saturated carbocycles. The topological polar surface area (TPSA) is 130 Å². The van der Waals surface area contributed by atoms with Crippen molar-refractivity contribution in [1.82, 2.24) is 20.1 Å². The molecule has 3 aliphatic rings. The van der Waals surface area contributed by atoms with E-state index in [2.05, 4.69) is 10.3 Å². The normalized spacial score (nSPS) is 22.4. The molecule has 5 unspecified atom stereocenters. The van der Waals surface area contributed by atoms with Crippen LogP contribution < -0.4 is 5.32 Å². The summed E-state index contributed by atoms with van der Waals surface area (Å²) in [5, 5.41) is 3.65. The average Bonchev–Trinajstić information content (AvgIpc) is 3.80. The fraction of sp³-hybridized carbons (Fsp3) is 0.538. The molecule has 3 heterocycles. The summed E-state index contributed by atoms with van der Waals surface area (Å²) in [5.74, 6) is -1.84. The first kappa shape index (κ1) is 37.6. The maximum absolute atomic E-state index is 14.9. The number of H-pyrrole nitrogens is 1. The Labute approximate surface area is 299 Å². The third kappa shape index (κ3) is 8.65. The van der Waals surface area contributed by atoms with Gasteiger partial charge in [-0.2, -0.15) is 0 Å². The van der Waals surface area contributed by atoms with E-state index in [-0.39, 0.29) is 31.5 Å². The van der Waals surface area contributed by atoms with Crippen molar-refractivity contribution in [2.45, 2.75) is 116 Å². The maximum Gasteiger partial charge on any atom is 0.410 e. The Balaban J connectivity index is 0.00000248. The van der Waals surface area contributed by atoms with Gasteiger partial charge in [0.2, 0.25) is 5.91 Å². The highest BCUT2D eigenvalue weighted by molar-refractivity contribution is 5.88. The van der Waals surface area contributed by atoms with Crippen molar-refractivity contribution in [2.24, 2.45) is 5.92 Å². The molecule has 2 saturated heterocycles. The largest absolute Gasteiger partial charge is 0.458 e. The van der Waals surface area contributed by atoms with Crippen LogP contribution in [0.1, 0.15) is 90.7 Å². The number of nitrogens with zero attached hydrogens (tertiary/aromatic N) is 2. The molecule has 2 aromatic carbocycles. The zero-order chi connectivity index (χ0) is 36.9. The number of ether oxygens (including phenoxy) is 3. The van der Waals surface area contributed by atoms with Gasteiger partial charge in [0, 0.05) is 36.5 Å². The molecule has 3 aromatic rings. The highest BCUT2D eigenvalue weighted by atomic mass is 19.1. The highest BCUT2D eigenvalue weighted by Crippen LogP contribution is 2.45. The van der Waals surface area contributed by atoms with Crippen molar-refractivity contribution in [3.05, 3.63) is 71.7 Å². The molecule has 5 atom stereocenters. The minimum Gasteiger partial charge on any atom is -0.458 e. The molecule has 2 aliphatic heterocycles. The zero-order valence-electron chi connectivity index (χ0n) is 30.4. The number of aromatic nitrogens is 1. The van der Waals surface area contributed by atoms with E-state index in [4.69, 9.17) is 14.2 Å². The summed E-state index contributed by atoms with van der Waals surface area (Å²) in [6, 6.07) is 11.5. The van der Waals surface area contributed by atoms with Gasteiger partial charge >= 0.3 is 18.2 Å². The fourth-order valence-electron chi connectivity index (χ4n) is 7.84. The van der Waals surface area contributed by atoms with Gasteiger partial charge in [-0.1, -0.05) is 63.4 Å². The van der Waals surface area contributed by atoms with Crippen LogP contribution in [0.2, 0.25) is 0 Å². The molecule has 12 heteroatoms. The fourth-order valence-corrected chi connectivity index (χ4v) is 7.84. The quantitative estimate of drug-likeness (QED) is 0.199. The smallest absolute Gasteiger partial charge is 0.410 e. The van der Waals surface area contributed by atoms with Crippen molar-refractivity contribution in [3.8, 4) is 0 Å². The molecule has 6 rings (SSSR count). The standard InChI is InChI=1S/C37H45FN4O7.C2H6/c1-22(43)48-30-20-41(34(44)31(24-13-9-6-10-14-24)40-35(45)49-37(2,3)4)32-28(27-18-39-29-17-25(38)15-16-26(27)29)19-42(33(30)32)36(46)47-21-23-11-7-5-8-12-23;1-2/h5,7-8,11-12,15-18,24,28,30-33,39H,6,9-10,13-14,19-21H2,1-4H3,(H,40,45);1-2H3. The number of carbonyl (C=O) groups is 4. The third-order valence-electron chi connectivity index (χ3n) is 9.81. The Bertz CT molecular complexity index is 1680. The van der Waals surface area contributed by atoms with Crippen LogP contribution in [-0.4, -0.2) is 81.8 Å². The highest BCUT2D eigenvalue weighted by Gasteiger charge is 2.59. The van der Waals surface area contributed by atoms with Crippen molar-refractivity contribution >= 4 is 35.0 Å². The summed E-state index contributed by atoms with van der Waals surface area (Å²) in [6.07, 6.45) is 4.08. The molecule has 0 radical (unpaired) electrons. The number of benzene rings is 2. The minimum absolute atomic E-state index is 0.0168. The Kier molecular flexibility index (Phi) is 11.9. The molecular formula is C39H51FN4O7. The van der Waals surface area contributed by atoms with Crippen molar-refractivity contribution in [3.63, 3.8) is 0 Å². The number of esters is 1. The number of hydrogen-bond acceptors (Lipinski definition) is 7. The lowest BCUT2D eigenvalue weighted by Gasteiger charge is -2.36. The number of nitrogens with one attached hydrogen (secondary N) is 2. The van der Waals surface area contributed by atoms with Gasteiger partial charge in [-0.05, 0) is 68.9 Å². The number of amides is 3. The summed E-state index contributed by atoms with van der Waals surface area (Å²) in [6.45, 7) is 10.8. The van der Waals surface area contributed by atoms with Crippen LogP contribution in [-0.2, 0) is 30.4 Å². The van der Waals surface area contributed by atoms with Gasteiger partial charge < -0.3 is 29.4 Å². The number of likely N-dealkylation sites (tertiary alicyclic amines) is 2. The van der Waals surface area contributed by atoms with Gasteiger partial charge in [0.15, 0.2) is 0 Å². The lowest BCUT2D eigenvalue weighted by Crippen LogP contribution is -2.55. The summed E-state index contributed by atoms with van der Waals surface area (Å²) < 4.78 is 31.4. The second-order valence-electron chi connectivity index (χ2n) is 14.4. The van der Waals surface area contributed by atoms with Gasteiger partial charge in [-0.3, -0.25) is 14.5 Å². The van der Waals surface area contributed by atoms with Gasteiger partial charge in [-0.25, -0.2) is 14.0 Å². The van der Waals surface area contributed by atoms with E-state index < -0.39 is 59.7 Å². The molecule has 1 aromatic heterocycles. The second-order valence-corrected chi connectivity index (χ2v) is 14.4. The van der Waals surface area contributed by atoms with Crippen LogP contribution in [0.25, 0.3) is 10.9 Å². The number of alkyl carbamates (subject to hydrolysis) is 1. The number of hydrogen-bond donors (Lipinski definition) is 2. The lowest BCUT2D eigenvalue weighted by molar-refractivity contribution is -0.148. The van der Waals surface area contributed by atoms with E-state index in [9.17, 15) is 23.6 Å². The van der Waals surface area contributed by atoms with E-state index in [0.717, 1.165) is 48.6 Å². The van der Waals surface area contributed by atoms with Gasteiger partial charge in [0.25, 0.3) is 0 Å². The second kappa shape index (κ2) is 16.2. The van der Waals surface area contributed by atoms with Gasteiger partial charge in [-0.15, -0.1) is 0 Å². The molecule has 3 amide bonds.